The van der Waals surface area contributed by atoms with Crippen molar-refractivity contribution in [2.24, 2.45) is 11.8 Å². The highest BCUT2D eigenvalue weighted by Gasteiger charge is 2.38. The summed E-state index contributed by atoms with van der Waals surface area (Å²) in [4.78, 5) is 43.0. The van der Waals surface area contributed by atoms with Crippen LogP contribution in [0.25, 0.3) is 0 Å². The number of likely N-dealkylation sites (tertiary alicyclic amines) is 1. The van der Waals surface area contributed by atoms with Gasteiger partial charge in [0.2, 0.25) is 5.91 Å². The highest BCUT2D eigenvalue weighted by molar-refractivity contribution is 5.87. The molecule has 0 saturated carbocycles. The summed E-state index contributed by atoms with van der Waals surface area (Å²) in [5.41, 5.74) is 3.20. The molecule has 3 amide bonds. The molecule has 37 heavy (non-hydrogen) atoms. The number of benzene rings is 1. The van der Waals surface area contributed by atoms with Crippen LogP contribution >= 0.6 is 0 Å². The first-order chi connectivity index (χ1) is 17.8. The average Bonchev–Trinajstić information content (AvgIpc) is 2.90. The van der Waals surface area contributed by atoms with Gasteiger partial charge >= 0.3 is 6.03 Å². The molecule has 0 aliphatic carbocycles. The van der Waals surface area contributed by atoms with Crippen LogP contribution in [0.1, 0.15) is 43.0 Å². The molecular formula is C28H36N4O5. The first-order valence-electron chi connectivity index (χ1n) is 13.1. The van der Waals surface area contributed by atoms with Gasteiger partial charge in [0.25, 0.3) is 5.56 Å². The number of methoxy groups -OCH3 is 2. The van der Waals surface area contributed by atoms with Crippen LogP contribution in [0, 0.1) is 11.8 Å². The zero-order valence-corrected chi connectivity index (χ0v) is 22.0. The van der Waals surface area contributed by atoms with E-state index in [9.17, 15) is 14.4 Å². The van der Waals surface area contributed by atoms with Crippen molar-refractivity contribution in [1.82, 2.24) is 19.7 Å². The number of hydrogen-bond acceptors (Lipinski definition) is 5. The number of nitrogens with zero attached hydrogens (tertiary/aromatic N) is 3. The normalized spacial score (nSPS) is 21.1. The quantitative estimate of drug-likeness (QED) is 0.670. The van der Waals surface area contributed by atoms with Crippen molar-refractivity contribution < 1.29 is 19.1 Å². The maximum absolute atomic E-state index is 13.6. The molecule has 1 N–H and O–H groups in total. The molecule has 1 aromatic carbocycles. The van der Waals surface area contributed by atoms with Crippen LogP contribution in [0.2, 0.25) is 0 Å². The van der Waals surface area contributed by atoms with Crippen LogP contribution in [0.15, 0.2) is 35.1 Å². The fraction of sp³-hybridized carbons (Fsp3) is 0.536. The largest absolute Gasteiger partial charge is 0.493 e. The van der Waals surface area contributed by atoms with Crippen molar-refractivity contribution in [2.75, 3.05) is 33.9 Å². The molecule has 9 nitrogen and oxygen atoms in total. The number of fused-ring (bicyclic) bond motifs is 5. The lowest BCUT2D eigenvalue weighted by Gasteiger charge is -2.43. The lowest BCUT2D eigenvalue weighted by atomic mass is 9.83. The minimum atomic E-state index is -0.620. The van der Waals surface area contributed by atoms with Crippen LogP contribution in [0.4, 0.5) is 4.79 Å². The number of pyridine rings is 1. The Hall–Kier alpha value is -3.49. The van der Waals surface area contributed by atoms with Gasteiger partial charge in [-0.3, -0.25) is 9.59 Å². The minimum Gasteiger partial charge on any atom is -0.493 e. The second-order valence-corrected chi connectivity index (χ2v) is 10.8. The van der Waals surface area contributed by atoms with Crippen molar-refractivity contribution in [3.05, 3.63) is 57.5 Å². The monoisotopic (exact) mass is 508 g/mol. The van der Waals surface area contributed by atoms with Crippen LogP contribution in [0.5, 0.6) is 11.5 Å². The molecule has 198 valence electrons. The molecule has 3 aliphatic heterocycles. The molecule has 0 spiro atoms. The third kappa shape index (κ3) is 4.79. The van der Waals surface area contributed by atoms with E-state index in [0.29, 0.717) is 50.6 Å². The maximum atomic E-state index is 13.6. The SMILES string of the molecule is COc1cc2c(cc1OC)CN(C(=O)C(NC(=O)N1CC3CC(C1)c1cccc(=O)n1C3)C(C)C)CC2. The predicted octanol–water partition coefficient (Wildman–Crippen LogP) is 2.60. The van der Waals surface area contributed by atoms with Gasteiger partial charge in [-0.15, -0.1) is 0 Å². The standard InChI is InChI=1S/C28H36N4O5/c1-17(2)26(27(34)30-9-8-19-11-23(36-3)24(37-4)12-20(19)15-30)29-28(35)31-13-18-10-21(16-31)22-6-5-7-25(33)32(22)14-18/h5-7,11-12,17-18,21,26H,8-10,13-16H2,1-4H3,(H,29,35). The number of piperidine rings is 1. The van der Waals surface area contributed by atoms with Gasteiger partial charge in [-0.25, -0.2) is 4.79 Å². The number of nitrogens with one attached hydrogen (secondary N) is 1. The van der Waals surface area contributed by atoms with Gasteiger partial charge in [0.15, 0.2) is 11.5 Å². The van der Waals surface area contributed by atoms with Gasteiger partial charge in [-0.05, 0) is 54.0 Å². The van der Waals surface area contributed by atoms with Crippen molar-refractivity contribution >= 4 is 11.9 Å². The molecule has 1 aromatic heterocycles. The molecule has 3 unspecified atom stereocenters. The van der Waals surface area contributed by atoms with Crippen LogP contribution in [-0.2, 0) is 24.3 Å². The predicted molar refractivity (Wildman–Crippen MR) is 139 cm³/mol. The summed E-state index contributed by atoms with van der Waals surface area (Å²) in [6.07, 6.45) is 1.69. The first-order valence-corrected chi connectivity index (χ1v) is 13.1. The molecule has 3 atom stereocenters. The van der Waals surface area contributed by atoms with E-state index >= 15 is 0 Å². The Morgan fingerprint density at radius 2 is 1.73 bits per heavy atom. The van der Waals surface area contributed by atoms with E-state index in [1.165, 1.54) is 0 Å². The summed E-state index contributed by atoms with van der Waals surface area (Å²) < 4.78 is 12.7. The zero-order valence-electron chi connectivity index (χ0n) is 22.0. The molecule has 3 aliphatic rings. The van der Waals surface area contributed by atoms with Gasteiger partial charge in [0.1, 0.15) is 6.04 Å². The number of urea groups is 1. The molecule has 2 aromatic rings. The summed E-state index contributed by atoms with van der Waals surface area (Å²) in [6.45, 7) is 6.73. The van der Waals surface area contributed by atoms with E-state index < -0.39 is 6.04 Å². The summed E-state index contributed by atoms with van der Waals surface area (Å²) >= 11 is 0. The lowest BCUT2D eigenvalue weighted by molar-refractivity contribution is -0.135. The van der Waals surface area contributed by atoms with E-state index in [1.807, 2.05) is 46.4 Å². The molecular weight excluding hydrogens is 472 g/mol. The molecule has 5 rings (SSSR count). The van der Waals surface area contributed by atoms with E-state index in [4.69, 9.17) is 9.47 Å². The second-order valence-electron chi connectivity index (χ2n) is 10.8. The smallest absolute Gasteiger partial charge is 0.318 e. The van der Waals surface area contributed by atoms with Crippen LogP contribution < -0.4 is 20.3 Å². The van der Waals surface area contributed by atoms with E-state index in [-0.39, 0.29) is 35.3 Å². The third-order valence-corrected chi connectivity index (χ3v) is 8.01. The Bertz CT molecular complexity index is 1260. The van der Waals surface area contributed by atoms with Gasteiger partial charge in [0.05, 0.1) is 14.2 Å². The van der Waals surface area contributed by atoms with Gasteiger partial charge in [0, 0.05) is 50.4 Å². The Morgan fingerprint density at radius 3 is 2.43 bits per heavy atom. The molecule has 0 radical (unpaired) electrons. The van der Waals surface area contributed by atoms with Crippen molar-refractivity contribution in [1.29, 1.82) is 0 Å². The molecule has 9 heteroatoms. The van der Waals surface area contributed by atoms with Gasteiger partial charge < -0.3 is 29.2 Å². The number of amides is 3. The lowest BCUT2D eigenvalue weighted by Crippen LogP contribution is -2.57. The topological polar surface area (TPSA) is 93.1 Å². The average molecular weight is 509 g/mol. The van der Waals surface area contributed by atoms with E-state index in [1.54, 1.807) is 26.4 Å². The number of rotatable bonds is 5. The number of aromatic nitrogens is 1. The highest BCUT2D eigenvalue weighted by atomic mass is 16.5. The third-order valence-electron chi connectivity index (χ3n) is 8.01. The van der Waals surface area contributed by atoms with Gasteiger partial charge in [-0.1, -0.05) is 19.9 Å². The summed E-state index contributed by atoms with van der Waals surface area (Å²) in [7, 11) is 3.22. The maximum Gasteiger partial charge on any atom is 0.318 e. The number of ether oxygens (including phenoxy) is 2. The van der Waals surface area contributed by atoms with Crippen molar-refractivity contribution in [3.8, 4) is 11.5 Å². The van der Waals surface area contributed by atoms with Crippen LogP contribution in [-0.4, -0.2) is 66.2 Å². The second kappa shape index (κ2) is 10.1. The number of hydrogen-bond donors (Lipinski definition) is 1. The van der Waals surface area contributed by atoms with E-state index in [2.05, 4.69) is 5.32 Å². The summed E-state index contributed by atoms with van der Waals surface area (Å²) in [5, 5.41) is 3.06. The van der Waals surface area contributed by atoms with Crippen LogP contribution in [0.3, 0.4) is 0 Å². The van der Waals surface area contributed by atoms with Crippen molar-refractivity contribution in [3.63, 3.8) is 0 Å². The first kappa shape index (κ1) is 25.2. The zero-order chi connectivity index (χ0) is 26.3. The number of carbonyl (C=O) groups is 2. The fourth-order valence-corrected chi connectivity index (χ4v) is 6.07. The molecule has 1 fully saturated rings. The highest BCUT2D eigenvalue weighted by Crippen LogP contribution is 2.35. The summed E-state index contributed by atoms with van der Waals surface area (Å²) in [6, 6.07) is 8.47. The Balaban J connectivity index is 1.28. The summed E-state index contributed by atoms with van der Waals surface area (Å²) in [5.74, 6) is 1.56. The fourth-order valence-electron chi connectivity index (χ4n) is 6.07. The van der Waals surface area contributed by atoms with Gasteiger partial charge in [-0.2, -0.15) is 0 Å². The Kier molecular flexibility index (Phi) is 6.88. The molecule has 1 saturated heterocycles. The minimum absolute atomic E-state index is 0.0229. The number of carbonyl (C=O) groups excluding carboxylic acids is 2. The molecule has 2 bridgehead atoms. The Morgan fingerprint density at radius 1 is 1.00 bits per heavy atom. The molecule has 4 heterocycles. The Labute approximate surface area is 217 Å². The van der Waals surface area contributed by atoms with E-state index in [0.717, 1.165) is 23.2 Å². The van der Waals surface area contributed by atoms with Crippen molar-refractivity contribution in [2.45, 2.75) is 51.7 Å².